The van der Waals surface area contributed by atoms with Gasteiger partial charge in [-0.2, -0.15) is 0 Å². The molecule has 0 fully saturated rings. The SMILES string of the molecule is CC(=O)N(C(=O)OC(C)(C)C)c1cccc([N+](=O)[O-])c1. The van der Waals surface area contributed by atoms with E-state index in [4.69, 9.17) is 4.74 Å². The lowest BCUT2D eigenvalue weighted by Crippen LogP contribution is -2.39. The van der Waals surface area contributed by atoms with Crippen molar-refractivity contribution < 1.29 is 19.2 Å². The standard InChI is InChI=1S/C13H16N2O5/c1-9(16)14(12(17)20-13(2,3)4)10-6-5-7-11(8-10)15(18)19/h5-8H,1-4H3. The van der Waals surface area contributed by atoms with Gasteiger partial charge in [-0.1, -0.05) is 6.07 Å². The number of rotatable bonds is 2. The normalized spacial score (nSPS) is 10.8. The summed E-state index contributed by atoms with van der Waals surface area (Å²) >= 11 is 0. The van der Waals surface area contributed by atoms with Crippen LogP contribution < -0.4 is 4.90 Å². The van der Waals surface area contributed by atoms with Crippen molar-refractivity contribution in [2.45, 2.75) is 33.3 Å². The van der Waals surface area contributed by atoms with Crippen molar-refractivity contribution >= 4 is 23.4 Å². The lowest BCUT2D eigenvalue weighted by atomic mass is 10.2. The Morgan fingerprint density at radius 3 is 2.35 bits per heavy atom. The van der Waals surface area contributed by atoms with E-state index >= 15 is 0 Å². The summed E-state index contributed by atoms with van der Waals surface area (Å²) in [7, 11) is 0. The molecule has 20 heavy (non-hydrogen) atoms. The zero-order valence-corrected chi connectivity index (χ0v) is 11.7. The first-order chi connectivity index (χ1) is 9.11. The Kier molecular flexibility index (Phi) is 4.44. The molecule has 0 spiro atoms. The summed E-state index contributed by atoms with van der Waals surface area (Å²) in [6.45, 7) is 6.17. The molecular formula is C13H16N2O5. The van der Waals surface area contributed by atoms with Crippen LogP contribution in [0.2, 0.25) is 0 Å². The Hall–Kier alpha value is -2.44. The average molecular weight is 280 g/mol. The molecule has 0 saturated heterocycles. The lowest BCUT2D eigenvalue weighted by Gasteiger charge is -2.25. The maximum atomic E-state index is 12.0. The first-order valence-electron chi connectivity index (χ1n) is 5.90. The fourth-order valence-electron chi connectivity index (χ4n) is 1.47. The van der Waals surface area contributed by atoms with Gasteiger partial charge in [0.25, 0.3) is 5.69 Å². The van der Waals surface area contributed by atoms with Crippen molar-refractivity contribution in [1.29, 1.82) is 0 Å². The van der Waals surface area contributed by atoms with Gasteiger partial charge in [0.15, 0.2) is 0 Å². The first-order valence-corrected chi connectivity index (χ1v) is 5.90. The molecule has 1 aromatic carbocycles. The minimum absolute atomic E-state index is 0.0981. The van der Waals surface area contributed by atoms with E-state index in [1.165, 1.54) is 25.1 Å². The van der Waals surface area contributed by atoms with Gasteiger partial charge in [-0.3, -0.25) is 14.9 Å². The van der Waals surface area contributed by atoms with Crippen LogP contribution in [0.4, 0.5) is 16.2 Å². The summed E-state index contributed by atoms with van der Waals surface area (Å²) in [5, 5.41) is 10.7. The third kappa shape index (κ3) is 4.04. The van der Waals surface area contributed by atoms with Gasteiger partial charge in [0.05, 0.1) is 10.6 Å². The molecule has 0 aliphatic carbocycles. The van der Waals surface area contributed by atoms with Crippen molar-refractivity contribution in [3.63, 3.8) is 0 Å². The van der Waals surface area contributed by atoms with Crippen LogP contribution in [0.1, 0.15) is 27.7 Å². The molecule has 0 aromatic heterocycles. The van der Waals surface area contributed by atoms with Gasteiger partial charge in [-0.15, -0.1) is 0 Å². The van der Waals surface area contributed by atoms with Gasteiger partial charge in [0, 0.05) is 19.1 Å². The number of hydrogen-bond donors (Lipinski definition) is 0. The number of nitrogens with zero attached hydrogens (tertiary/aromatic N) is 2. The lowest BCUT2D eigenvalue weighted by molar-refractivity contribution is -0.384. The quantitative estimate of drug-likeness (QED) is 0.613. The highest BCUT2D eigenvalue weighted by atomic mass is 16.6. The largest absolute Gasteiger partial charge is 0.443 e. The van der Waals surface area contributed by atoms with E-state index in [0.717, 1.165) is 11.0 Å². The maximum absolute atomic E-state index is 12.0. The summed E-state index contributed by atoms with van der Waals surface area (Å²) in [5.41, 5.74) is -0.885. The molecule has 0 atom stereocenters. The molecular weight excluding hydrogens is 264 g/mol. The Labute approximate surface area is 116 Å². The number of amides is 2. The molecule has 0 unspecified atom stereocenters. The molecule has 0 heterocycles. The monoisotopic (exact) mass is 280 g/mol. The Morgan fingerprint density at radius 1 is 1.30 bits per heavy atom. The van der Waals surface area contributed by atoms with Gasteiger partial charge in [0.1, 0.15) is 5.60 Å². The fourth-order valence-corrected chi connectivity index (χ4v) is 1.47. The Balaban J connectivity index is 3.15. The molecule has 0 N–H and O–H groups in total. The van der Waals surface area contributed by atoms with Crippen LogP contribution in [0.15, 0.2) is 24.3 Å². The van der Waals surface area contributed by atoms with Crippen LogP contribution in [0.3, 0.4) is 0 Å². The molecule has 108 valence electrons. The number of carbonyl (C=O) groups is 2. The van der Waals surface area contributed by atoms with Crippen molar-refractivity contribution in [2.24, 2.45) is 0 Å². The number of anilines is 1. The highest BCUT2D eigenvalue weighted by Gasteiger charge is 2.27. The molecule has 0 aliphatic rings. The van der Waals surface area contributed by atoms with Crippen molar-refractivity contribution in [3.8, 4) is 0 Å². The second-order valence-corrected chi connectivity index (χ2v) is 5.11. The summed E-state index contributed by atoms with van der Waals surface area (Å²) in [6.07, 6.45) is -0.870. The maximum Gasteiger partial charge on any atom is 0.421 e. The molecule has 0 radical (unpaired) electrons. The number of non-ortho nitro benzene ring substituents is 1. The minimum atomic E-state index is -0.870. The van der Waals surface area contributed by atoms with Crippen molar-refractivity contribution in [1.82, 2.24) is 0 Å². The number of nitro benzene ring substituents is 1. The molecule has 7 heteroatoms. The number of carbonyl (C=O) groups excluding carboxylic acids is 2. The molecule has 2 amide bonds. The van der Waals surface area contributed by atoms with Crippen LogP contribution in [0.5, 0.6) is 0 Å². The van der Waals surface area contributed by atoms with Crippen LogP contribution in [0, 0.1) is 10.1 Å². The van der Waals surface area contributed by atoms with Crippen molar-refractivity contribution in [2.75, 3.05) is 4.90 Å². The highest BCUT2D eigenvalue weighted by molar-refractivity contribution is 6.11. The minimum Gasteiger partial charge on any atom is -0.443 e. The van der Waals surface area contributed by atoms with E-state index in [1.807, 2.05) is 0 Å². The average Bonchev–Trinajstić information content (AvgIpc) is 2.26. The third-order valence-corrected chi connectivity index (χ3v) is 2.19. The third-order valence-electron chi connectivity index (χ3n) is 2.19. The molecule has 0 saturated carbocycles. The summed E-state index contributed by atoms with van der Waals surface area (Å²) in [6, 6.07) is 5.24. The fraction of sp³-hybridized carbons (Fsp3) is 0.385. The van der Waals surface area contributed by atoms with E-state index in [9.17, 15) is 19.7 Å². The van der Waals surface area contributed by atoms with E-state index < -0.39 is 22.5 Å². The number of imide groups is 1. The summed E-state index contributed by atoms with van der Waals surface area (Å²) in [5.74, 6) is -0.584. The van der Waals surface area contributed by atoms with Crippen LogP contribution in [0.25, 0.3) is 0 Å². The smallest absolute Gasteiger partial charge is 0.421 e. The van der Waals surface area contributed by atoms with E-state index in [1.54, 1.807) is 20.8 Å². The van der Waals surface area contributed by atoms with Gasteiger partial charge < -0.3 is 4.74 Å². The van der Waals surface area contributed by atoms with E-state index in [-0.39, 0.29) is 11.4 Å². The van der Waals surface area contributed by atoms with Gasteiger partial charge in [-0.05, 0) is 26.8 Å². The van der Waals surface area contributed by atoms with E-state index in [2.05, 4.69) is 0 Å². The number of nitro groups is 1. The number of benzene rings is 1. The second kappa shape index (κ2) is 5.68. The molecule has 0 bridgehead atoms. The van der Waals surface area contributed by atoms with Gasteiger partial charge >= 0.3 is 6.09 Å². The Bertz CT molecular complexity index is 548. The number of hydrogen-bond acceptors (Lipinski definition) is 5. The summed E-state index contributed by atoms with van der Waals surface area (Å²) in [4.78, 5) is 34.5. The van der Waals surface area contributed by atoms with Crippen LogP contribution in [-0.2, 0) is 9.53 Å². The van der Waals surface area contributed by atoms with Crippen LogP contribution >= 0.6 is 0 Å². The second-order valence-electron chi connectivity index (χ2n) is 5.11. The zero-order chi connectivity index (χ0) is 15.5. The predicted molar refractivity (Wildman–Crippen MR) is 72.5 cm³/mol. The summed E-state index contributed by atoms with van der Waals surface area (Å²) < 4.78 is 5.11. The topological polar surface area (TPSA) is 89.8 Å². The molecule has 1 rings (SSSR count). The Morgan fingerprint density at radius 2 is 1.90 bits per heavy atom. The predicted octanol–water partition coefficient (Wildman–Crippen LogP) is 2.88. The first kappa shape index (κ1) is 15.6. The van der Waals surface area contributed by atoms with E-state index in [0.29, 0.717) is 0 Å². The highest BCUT2D eigenvalue weighted by Crippen LogP contribution is 2.23. The molecule has 7 nitrogen and oxygen atoms in total. The van der Waals surface area contributed by atoms with Crippen LogP contribution in [-0.4, -0.2) is 22.5 Å². The molecule has 1 aromatic rings. The van der Waals surface area contributed by atoms with Crippen molar-refractivity contribution in [3.05, 3.63) is 34.4 Å². The zero-order valence-electron chi connectivity index (χ0n) is 11.7. The molecule has 0 aliphatic heterocycles. The van der Waals surface area contributed by atoms with Gasteiger partial charge in [-0.25, -0.2) is 9.69 Å². The van der Waals surface area contributed by atoms with Gasteiger partial charge in [0.2, 0.25) is 5.91 Å². The number of ether oxygens (including phenoxy) is 1.